The predicted octanol–water partition coefficient (Wildman–Crippen LogP) is 1.65. The zero-order valence-corrected chi connectivity index (χ0v) is 13.0. The van der Waals surface area contributed by atoms with Gasteiger partial charge in [-0.1, -0.05) is 0 Å². The molecule has 3 rings (SSSR count). The van der Waals surface area contributed by atoms with Crippen molar-refractivity contribution in [1.29, 1.82) is 0 Å². The lowest BCUT2D eigenvalue weighted by atomic mass is 10.3. The van der Waals surface area contributed by atoms with Crippen molar-refractivity contribution in [2.75, 3.05) is 27.7 Å². The van der Waals surface area contributed by atoms with Gasteiger partial charge in [-0.25, -0.2) is 17.7 Å². The minimum absolute atomic E-state index is 0.144. The van der Waals surface area contributed by atoms with E-state index in [0.717, 1.165) is 5.69 Å². The lowest BCUT2D eigenvalue weighted by Gasteiger charge is -2.16. The van der Waals surface area contributed by atoms with Crippen LogP contribution in [0.2, 0.25) is 0 Å². The van der Waals surface area contributed by atoms with Gasteiger partial charge in [-0.15, -0.1) is 0 Å². The van der Waals surface area contributed by atoms with Gasteiger partial charge < -0.3 is 11.1 Å². The maximum absolute atomic E-state index is 12.0. The molecule has 0 amide bonds. The molecule has 2 aromatic rings. The SMILES string of the molecule is Cc1cc(Nc2ccc(N)cc2)nc(N2CCCS2(=O)=O)n1. The first kappa shape index (κ1) is 14.6. The van der Waals surface area contributed by atoms with E-state index in [1.807, 2.05) is 19.1 Å². The highest BCUT2D eigenvalue weighted by molar-refractivity contribution is 7.93. The monoisotopic (exact) mass is 319 g/mol. The Labute approximate surface area is 129 Å². The van der Waals surface area contributed by atoms with E-state index in [-0.39, 0.29) is 11.7 Å². The molecule has 0 bridgehead atoms. The number of rotatable bonds is 3. The molecule has 1 aromatic heterocycles. The van der Waals surface area contributed by atoms with E-state index in [1.54, 1.807) is 18.2 Å². The smallest absolute Gasteiger partial charge is 0.241 e. The standard InChI is InChI=1S/C14H17N5O2S/c1-10-9-13(17-12-5-3-11(15)4-6-12)18-14(16-10)19-7-2-8-22(19,20)21/h3-6,9H,2,7-8,15H2,1H3,(H,16,17,18). The molecule has 1 aliphatic rings. The first-order valence-corrected chi connectivity index (χ1v) is 8.54. The van der Waals surface area contributed by atoms with Crippen molar-refractivity contribution < 1.29 is 8.42 Å². The van der Waals surface area contributed by atoms with E-state index in [4.69, 9.17) is 5.73 Å². The van der Waals surface area contributed by atoms with Gasteiger partial charge in [0.25, 0.3) is 0 Å². The Morgan fingerprint density at radius 2 is 1.95 bits per heavy atom. The maximum Gasteiger partial charge on any atom is 0.241 e. The minimum atomic E-state index is -3.29. The second-order valence-corrected chi connectivity index (χ2v) is 7.20. The van der Waals surface area contributed by atoms with E-state index in [9.17, 15) is 8.42 Å². The topological polar surface area (TPSA) is 101 Å². The van der Waals surface area contributed by atoms with Gasteiger partial charge in [0.2, 0.25) is 16.0 Å². The number of benzene rings is 1. The van der Waals surface area contributed by atoms with Crippen molar-refractivity contribution in [3.8, 4) is 0 Å². The Kier molecular flexibility index (Phi) is 3.61. The van der Waals surface area contributed by atoms with Crippen LogP contribution in [0.1, 0.15) is 12.1 Å². The molecule has 0 aliphatic carbocycles. The quantitative estimate of drug-likeness (QED) is 0.834. The fourth-order valence-corrected chi connectivity index (χ4v) is 3.76. The maximum atomic E-state index is 12.0. The number of nitrogen functional groups attached to an aromatic ring is 1. The lowest BCUT2D eigenvalue weighted by molar-refractivity contribution is 0.598. The summed E-state index contributed by atoms with van der Waals surface area (Å²) in [4.78, 5) is 8.57. The van der Waals surface area contributed by atoms with Gasteiger partial charge >= 0.3 is 0 Å². The molecule has 7 nitrogen and oxygen atoms in total. The summed E-state index contributed by atoms with van der Waals surface area (Å²) in [7, 11) is -3.29. The van der Waals surface area contributed by atoms with Crippen LogP contribution in [0, 0.1) is 6.92 Å². The molecule has 2 heterocycles. The Hall–Kier alpha value is -2.35. The largest absolute Gasteiger partial charge is 0.399 e. The van der Waals surface area contributed by atoms with E-state index in [1.165, 1.54) is 4.31 Å². The number of nitrogens with zero attached hydrogens (tertiary/aromatic N) is 3. The van der Waals surface area contributed by atoms with Gasteiger partial charge in [0, 0.05) is 29.7 Å². The van der Waals surface area contributed by atoms with Crippen LogP contribution in [0.4, 0.5) is 23.1 Å². The fraction of sp³-hybridized carbons (Fsp3) is 0.286. The van der Waals surface area contributed by atoms with Crippen molar-refractivity contribution in [1.82, 2.24) is 9.97 Å². The van der Waals surface area contributed by atoms with Crippen LogP contribution in [0.5, 0.6) is 0 Å². The summed E-state index contributed by atoms with van der Waals surface area (Å²) in [6.07, 6.45) is 0.598. The molecule has 0 spiro atoms. The Morgan fingerprint density at radius 3 is 2.59 bits per heavy atom. The number of nitrogens with two attached hydrogens (primary N) is 1. The normalized spacial score (nSPS) is 16.7. The van der Waals surface area contributed by atoms with Crippen LogP contribution >= 0.6 is 0 Å². The van der Waals surface area contributed by atoms with Gasteiger partial charge in [-0.3, -0.25) is 0 Å². The molecule has 116 valence electrons. The molecule has 0 unspecified atom stereocenters. The van der Waals surface area contributed by atoms with Crippen LogP contribution in [-0.2, 0) is 10.0 Å². The number of anilines is 4. The summed E-state index contributed by atoms with van der Waals surface area (Å²) in [5.74, 6) is 0.912. The predicted molar refractivity (Wildman–Crippen MR) is 86.7 cm³/mol. The molecule has 3 N–H and O–H groups in total. The first-order chi connectivity index (χ1) is 10.4. The Bertz CT molecular complexity index is 789. The van der Waals surface area contributed by atoms with E-state index in [2.05, 4.69) is 15.3 Å². The Morgan fingerprint density at radius 1 is 1.23 bits per heavy atom. The van der Waals surface area contributed by atoms with Gasteiger partial charge in [0.1, 0.15) is 5.82 Å². The van der Waals surface area contributed by atoms with Crippen LogP contribution in [-0.4, -0.2) is 30.7 Å². The summed E-state index contributed by atoms with van der Waals surface area (Å²) in [6.45, 7) is 2.23. The summed E-state index contributed by atoms with van der Waals surface area (Å²) < 4.78 is 25.3. The van der Waals surface area contributed by atoms with Crippen LogP contribution in [0.3, 0.4) is 0 Å². The molecule has 0 saturated carbocycles. The Balaban J connectivity index is 1.91. The van der Waals surface area contributed by atoms with Crippen molar-refractivity contribution in [3.05, 3.63) is 36.0 Å². The van der Waals surface area contributed by atoms with E-state index in [0.29, 0.717) is 30.2 Å². The van der Waals surface area contributed by atoms with Crippen molar-refractivity contribution in [3.63, 3.8) is 0 Å². The first-order valence-electron chi connectivity index (χ1n) is 6.93. The van der Waals surface area contributed by atoms with Gasteiger partial charge in [0.15, 0.2) is 0 Å². The van der Waals surface area contributed by atoms with Gasteiger partial charge in [-0.2, -0.15) is 4.98 Å². The second-order valence-electron chi connectivity index (χ2n) is 5.18. The summed E-state index contributed by atoms with van der Waals surface area (Å²) in [5, 5.41) is 3.14. The van der Waals surface area contributed by atoms with E-state index < -0.39 is 10.0 Å². The third-order valence-corrected chi connectivity index (χ3v) is 5.17. The molecule has 0 atom stereocenters. The molecule has 1 saturated heterocycles. The molecular weight excluding hydrogens is 302 g/mol. The zero-order chi connectivity index (χ0) is 15.7. The lowest BCUT2D eigenvalue weighted by Crippen LogP contribution is -2.27. The average Bonchev–Trinajstić information content (AvgIpc) is 2.80. The van der Waals surface area contributed by atoms with Crippen molar-refractivity contribution >= 4 is 33.2 Å². The third-order valence-electron chi connectivity index (χ3n) is 3.35. The number of aryl methyl sites for hydroxylation is 1. The van der Waals surface area contributed by atoms with Crippen molar-refractivity contribution in [2.24, 2.45) is 0 Å². The van der Waals surface area contributed by atoms with Crippen LogP contribution in [0.25, 0.3) is 0 Å². The highest BCUT2D eigenvalue weighted by Crippen LogP contribution is 2.24. The van der Waals surface area contributed by atoms with Crippen molar-refractivity contribution in [2.45, 2.75) is 13.3 Å². The average molecular weight is 319 g/mol. The highest BCUT2D eigenvalue weighted by atomic mass is 32.2. The van der Waals surface area contributed by atoms with Crippen LogP contribution < -0.4 is 15.4 Å². The zero-order valence-electron chi connectivity index (χ0n) is 12.2. The molecule has 0 radical (unpaired) electrons. The number of aromatic nitrogens is 2. The van der Waals surface area contributed by atoms with Gasteiger partial charge in [-0.05, 0) is 37.6 Å². The van der Waals surface area contributed by atoms with Gasteiger partial charge in [0.05, 0.1) is 5.75 Å². The number of hydrogen-bond acceptors (Lipinski definition) is 6. The molecule has 1 aliphatic heterocycles. The second kappa shape index (κ2) is 5.45. The molecule has 22 heavy (non-hydrogen) atoms. The number of sulfonamides is 1. The highest BCUT2D eigenvalue weighted by Gasteiger charge is 2.30. The minimum Gasteiger partial charge on any atom is -0.399 e. The molecule has 8 heteroatoms. The summed E-state index contributed by atoms with van der Waals surface area (Å²) in [5.41, 5.74) is 7.85. The summed E-state index contributed by atoms with van der Waals surface area (Å²) >= 11 is 0. The molecule has 1 fully saturated rings. The summed E-state index contributed by atoms with van der Waals surface area (Å²) in [6, 6.07) is 8.99. The fourth-order valence-electron chi connectivity index (χ4n) is 2.31. The van der Waals surface area contributed by atoms with E-state index >= 15 is 0 Å². The molecular formula is C14H17N5O2S. The van der Waals surface area contributed by atoms with Crippen LogP contribution in [0.15, 0.2) is 30.3 Å². The third kappa shape index (κ3) is 2.96. The molecule has 1 aromatic carbocycles. The number of nitrogens with one attached hydrogen (secondary N) is 1. The number of hydrogen-bond donors (Lipinski definition) is 2.